The second-order valence-corrected chi connectivity index (χ2v) is 6.17. The first kappa shape index (κ1) is 15.5. The van der Waals surface area contributed by atoms with Gasteiger partial charge >= 0.3 is 0 Å². The highest BCUT2D eigenvalue weighted by Crippen LogP contribution is 2.43. The summed E-state index contributed by atoms with van der Waals surface area (Å²) in [6.45, 7) is 5.96. The fourth-order valence-corrected chi connectivity index (χ4v) is 3.82. The summed E-state index contributed by atoms with van der Waals surface area (Å²) in [4.78, 5) is 15.2. The molecule has 1 aliphatic rings. The zero-order valence-electron chi connectivity index (χ0n) is 12.6. The lowest BCUT2D eigenvalue weighted by Crippen LogP contribution is -2.34. The fraction of sp³-hybridized carbons (Fsp3) is 0.278. The van der Waals surface area contributed by atoms with Gasteiger partial charge in [0.15, 0.2) is 5.78 Å². The van der Waals surface area contributed by atoms with Crippen molar-refractivity contribution in [3.05, 3.63) is 68.7 Å². The minimum absolute atomic E-state index is 0.0369. The molecule has 0 N–H and O–H groups in total. The summed E-state index contributed by atoms with van der Waals surface area (Å²) in [6, 6.07) is 11.1. The van der Waals surface area contributed by atoms with E-state index >= 15 is 0 Å². The van der Waals surface area contributed by atoms with Gasteiger partial charge in [-0.05, 0) is 30.8 Å². The lowest BCUT2D eigenvalue weighted by atomic mass is 9.80. The number of halogens is 2. The lowest BCUT2D eigenvalue weighted by Gasteiger charge is -2.36. The molecule has 1 unspecified atom stereocenters. The van der Waals surface area contributed by atoms with Gasteiger partial charge in [0.1, 0.15) is 0 Å². The van der Waals surface area contributed by atoms with E-state index in [-0.39, 0.29) is 11.8 Å². The van der Waals surface area contributed by atoms with Gasteiger partial charge in [0.25, 0.3) is 0 Å². The van der Waals surface area contributed by atoms with Gasteiger partial charge in [0, 0.05) is 21.7 Å². The van der Waals surface area contributed by atoms with E-state index in [1.165, 1.54) is 0 Å². The monoisotopic (exact) mass is 333 g/mol. The largest absolute Gasteiger partial charge is 0.293 e. The molecule has 0 amide bonds. The summed E-state index contributed by atoms with van der Waals surface area (Å²) < 4.78 is 0. The van der Waals surface area contributed by atoms with Crippen LogP contribution >= 0.6 is 23.2 Å². The van der Waals surface area contributed by atoms with Crippen molar-refractivity contribution in [1.82, 2.24) is 4.90 Å². The third kappa shape index (κ3) is 2.26. The zero-order valence-corrected chi connectivity index (χ0v) is 14.1. The van der Waals surface area contributed by atoms with Gasteiger partial charge in [0.05, 0.1) is 11.1 Å². The van der Waals surface area contributed by atoms with Crippen molar-refractivity contribution in [1.29, 1.82) is 0 Å². The van der Waals surface area contributed by atoms with E-state index in [9.17, 15) is 4.79 Å². The zero-order chi connectivity index (χ0) is 15.9. The fourth-order valence-electron chi connectivity index (χ4n) is 3.28. The summed E-state index contributed by atoms with van der Waals surface area (Å²) in [5, 5.41) is 1.14. The van der Waals surface area contributed by atoms with E-state index in [0.29, 0.717) is 21.2 Å². The Labute approximate surface area is 140 Å². The van der Waals surface area contributed by atoms with Crippen LogP contribution in [0.5, 0.6) is 0 Å². The van der Waals surface area contributed by atoms with Crippen LogP contribution in [0.3, 0.4) is 0 Å². The van der Waals surface area contributed by atoms with Crippen molar-refractivity contribution < 1.29 is 4.79 Å². The van der Waals surface area contributed by atoms with Crippen LogP contribution < -0.4 is 0 Å². The average Bonchev–Trinajstić information content (AvgIpc) is 2.51. The SMILES string of the molecule is CCN(CC)C1c2cccc(Cl)c2C(=O)c2cccc(Cl)c21. The van der Waals surface area contributed by atoms with Crippen LogP contribution in [0.15, 0.2) is 36.4 Å². The second kappa shape index (κ2) is 6.04. The van der Waals surface area contributed by atoms with Crippen LogP contribution in [-0.2, 0) is 0 Å². The van der Waals surface area contributed by atoms with E-state index in [2.05, 4.69) is 18.7 Å². The molecule has 1 aliphatic carbocycles. The van der Waals surface area contributed by atoms with Crippen LogP contribution in [-0.4, -0.2) is 23.8 Å². The predicted molar refractivity (Wildman–Crippen MR) is 91.1 cm³/mol. The summed E-state index contributed by atoms with van der Waals surface area (Å²) in [7, 11) is 0. The topological polar surface area (TPSA) is 20.3 Å². The molecule has 0 saturated carbocycles. The van der Waals surface area contributed by atoms with E-state index in [4.69, 9.17) is 23.2 Å². The Hall–Kier alpha value is -1.35. The van der Waals surface area contributed by atoms with Crippen LogP contribution in [0.1, 0.15) is 46.9 Å². The number of benzene rings is 2. The molecular formula is C18H17Cl2NO. The molecule has 0 aliphatic heterocycles. The van der Waals surface area contributed by atoms with Crippen LogP contribution in [0.2, 0.25) is 10.0 Å². The smallest absolute Gasteiger partial charge is 0.195 e. The summed E-state index contributed by atoms with van der Waals surface area (Å²) in [5.41, 5.74) is 3.11. The summed E-state index contributed by atoms with van der Waals surface area (Å²) in [6.07, 6.45) is 0. The number of nitrogens with zero attached hydrogens (tertiary/aromatic N) is 1. The number of rotatable bonds is 3. The Morgan fingerprint density at radius 1 is 1.00 bits per heavy atom. The van der Waals surface area contributed by atoms with Crippen molar-refractivity contribution in [3.63, 3.8) is 0 Å². The molecule has 0 spiro atoms. The Morgan fingerprint density at radius 2 is 1.64 bits per heavy atom. The van der Waals surface area contributed by atoms with E-state index < -0.39 is 0 Å². The van der Waals surface area contributed by atoms with Crippen molar-refractivity contribution >= 4 is 29.0 Å². The molecule has 2 aromatic rings. The number of fused-ring (bicyclic) bond motifs is 2. The third-order valence-corrected chi connectivity index (χ3v) is 4.96. The van der Waals surface area contributed by atoms with Crippen LogP contribution in [0, 0.1) is 0 Å². The first-order chi connectivity index (χ1) is 10.6. The highest BCUT2D eigenvalue weighted by atomic mass is 35.5. The number of carbonyl (C=O) groups excluding carboxylic acids is 1. The Morgan fingerprint density at radius 3 is 2.32 bits per heavy atom. The number of carbonyl (C=O) groups is 1. The van der Waals surface area contributed by atoms with Crippen molar-refractivity contribution in [2.75, 3.05) is 13.1 Å². The molecule has 114 valence electrons. The van der Waals surface area contributed by atoms with Crippen molar-refractivity contribution in [2.24, 2.45) is 0 Å². The van der Waals surface area contributed by atoms with E-state index in [0.717, 1.165) is 24.2 Å². The summed E-state index contributed by atoms with van der Waals surface area (Å²) in [5.74, 6) is -0.0403. The van der Waals surface area contributed by atoms with E-state index in [1.807, 2.05) is 30.3 Å². The van der Waals surface area contributed by atoms with Crippen molar-refractivity contribution in [3.8, 4) is 0 Å². The number of hydrogen-bond donors (Lipinski definition) is 0. The first-order valence-electron chi connectivity index (χ1n) is 7.45. The standard InChI is InChI=1S/C18H17Cl2NO/c1-3-21(4-2)17-11-7-5-10-14(20)16(11)18(22)12-8-6-9-13(19)15(12)17/h5-10,17H,3-4H2,1-2H3. The van der Waals surface area contributed by atoms with Crippen molar-refractivity contribution in [2.45, 2.75) is 19.9 Å². The van der Waals surface area contributed by atoms with Crippen LogP contribution in [0.4, 0.5) is 0 Å². The Bertz CT molecular complexity index is 738. The first-order valence-corrected chi connectivity index (χ1v) is 8.21. The van der Waals surface area contributed by atoms with Gasteiger partial charge in [-0.15, -0.1) is 0 Å². The number of hydrogen-bond acceptors (Lipinski definition) is 2. The van der Waals surface area contributed by atoms with E-state index in [1.54, 1.807) is 6.07 Å². The highest BCUT2D eigenvalue weighted by molar-refractivity contribution is 6.36. The second-order valence-electron chi connectivity index (χ2n) is 5.36. The third-order valence-electron chi connectivity index (χ3n) is 4.32. The highest BCUT2D eigenvalue weighted by Gasteiger charge is 2.36. The minimum Gasteiger partial charge on any atom is -0.293 e. The molecule has 22 heavy (non-hydrogen) atoms. The molecule has 0 aromatic heterocycles. The molecule has 2 nitrogen and oxygen atoms in total. The maximum Gasteiger partial charge on any atom is 0.195 e. The van der Waals surface area contributed by atoms with Gasteiger partial charge in [0.2, 0.25) is 0 Å². The van der Waals surface area contributed by atoms with Gasteiger partial charge < -0.3 is 0 Å². The molecule has 0 radical (unpaired) electrons. The molecule has 3 rings (SSSR count). The molecule has 2 aromatic carbocycles. The Balaban J connectivity index is 2.34. The maximum atomic E-state index is 12.9. The molecule has 1 atom stereocenters. The predicted octanol–water partition coefficient (Wildman–Crippen LogP) is 4.97. The molecule has 4 heteroatoms. The lowest BCUT2D eigenvalue weighted by molar-refractivity contribution is 0.102. The van der Waals surface area contributed by atoms with Gasteiger partial charge in [-0.1, -0.05) is 61.3 Å². The summed E-state index contributed by atoms with van der Waals surface area (Å²) >= 11 is 12.8. The van der Waals surface area contributed by atoms with Crippen LogP contribution in [0.25, 0.3) is 0 Å². The van der Waals surface area contributed by atoms with Gasteiger partial charge in [-0.3, -0.25) is 9.69 Å². The van der Waals surface area contributed by atoms with Gasteiger partial charge in [-0.25, -0.2) is 0 Å². The maximum absolute atomic E-state index is 12.9. The minimum atomic E-state index is -0.0403. The molecule has 0 fully saturated rings. The molecule has 0 heterocycles. The number of ketones is 1. The average molecular weight is 334 g/mol. The normalized spacial score (nSPS) is 16.6. The van der Waals surface area contributed by atoms with Gasteiger partial charge in [-0.2, -0.15) is 0 Å². The molecule has 0 bridgehead atoms. The Kier molecular flexibility index (Phi) is 4.26. The molecular weight excluding hydrogens is 317 g/mol. The molecule has 0 saturated heterocycles. The quantitative estimate of drug-likeness (QED) is 0.790.